The van der Waals surface area contributed by atoms with E-state index in [4.69, 9.17) is 4.74 Å². The second-order valence-electron chi connectivity index (χ2n) is 7.85. The Morgan fingerprint density at radius 1 is 1.09 bits per heavy atom. The monoisotopic (exact) mass is 318 g/mol. The number of hydrogen-bond acceptors (Lipinski definition) is 3. The fraction of sp³-hybridized carbons (Fsp3) is 0.632. The van der Waals surface area contributed by atoms with Gasteiger partial charge in [0.15, 0.2) is 0 Å². The molecule has 3 unspecified atom stereocenters. The lowest BCUT2D eigenvalue weighted by Gasteiger charge is -2.33. The van der Waals surface area contributed by atoms with Crippen molar-refractivity contribution in [2.24, 2.45) is 11.8 Å². The Bertz CT molecular complexity index is 519. The van der Waals surface area contributed by atoms with Crippen LogP contribution in [0.3, 0.4) is 0 Å². The standard InChI is InChI=1S/C19H30N2O2/c1-13-6-11-17(14(2)12-13)20-15-7-9-16(10-8-15)21-18(22)23-19(3,4)5/h7-10,13-14,17,20H,6,11-12H2,1-5H3,(H,21,22). The average Bonchev–Trinajstić information content (AvgIpc) is 2.42. The zero-order chi connectivity index (χ0) is 17.0. The number of amides is 1. The van der Waals surface area contributed by atoms with Crippen molar-refractivity contribution in [3.63, 3.8) is 0 Å². The van der Waals surface area contributed by atoms with Crippen LogP contribution in [0.15, 0.2) is 24.3 Å². The minimum absolute atomic E-state index is 0.423. The molecule has 4 nitrogen and oxygen atoms in total. The zero-order valence-corrected chi connectivity index (χ0v) is 15.0. The van der Waals surface area contributed by atoms with Crippen LogP contribution in [0, 0.1) is 11.8 Å². The molecule has 0 bridgehead atoms. The van der Waals surface area contributed by atoms with Crippen LogP contribution in [0.25, 0.3) is 0 Å². The van der Waals surface area contributed by atoms with Crippen LogP contribution in [-0.4, -0.2) is 17.7 Å². The first-order chi connectivity index (χ1) is 10.7. The third kappa shape index (κ3) is 5.77. The predicted octanol–water partition coefficient (Wildman–Crippen LogP) is 5.27. The van der Waals surface area contributed by atoms with Gasteiger partial charge in [-0.2, -0.15) is 0 Å². The van der Waals surface area contributed by atoms with Crippen LogP contribution < -0.4 is 10.6 Å². The maximum Gasteiger partial charge on any atom is 0.412 e. The van der Waals surface area contributed by atoms with E-state index in [1.165, 1.54) is 19.3 Å². The molecule has 1 aromatic rings. The molecule has 1 aliphatic carbocycles. The first kappa shape index (κ1) is 17.6. The zero-order valence-electron chi connectivity index (χ0n) is 15.0. The molecule has 0 heterocycles. The lowest BCUT2D eigenvalue weighted by Crippen LogP contribution is -2.32. The Labute approximate surface area is 140 Å². The number of rotatable bonds is 3. The largest absolute Gasteiger partial charge is 0.444 e. The number of hydrogen-bond donors (Lipinski definition) is 2. The molecule has 0 aliphatic heterocycles. The summed E-state index contributed by atoms with van der Waals surface area (Å²) in [7, 11) is 0. The summed E-state index contributed by atoms with van der Waals surface area (Å²) in [6, 6.07) is 8.37. The molecule has 0 radical (unpaired) electrons. The first-order valence-corrected chi connectivity index (χ1v) is 8.59. The van der Waals surface area contributed by atoms with Gasteiger partial charge in [-0.15, -0.1) is 0 Å². The van der Waals surface area contributed by atoms with E-state index in [0.717, 1.165) is 17.3 Å². The first-order valence-electron chi connectivity index (χ1n) is 8.59. The number of nitrogens with one attached hydrogen (secondary N) is 2. The van der Waals surface area contributed by atoms with E-state index in [1.807, 2.05) is 45.0 Å². The summed E-state index contributed by atoms with van der Waals surface area (Å²) in [4.78, 5) is 11.8. The second kappa shape index (κ2) is 7.24. The highest BCUT2D eigenvalue weighted by Gasteiger charge is 2.25. The Morgan fingerprint density at radius 3 is 2.26 bits per heavy atom. The highest BCUT2D eigenvalue weighted by atomic mass is 16.6. The highest BCUT2D eigenvalue weighted by molar-refractivity contribution is 5.85. The van der Waals surface area contributed by atoms with Crippen LogP contribution in [0.2, 0.25) is 0 Å². The molecular weight excluding hydrogens is 288 g/mol. The van der Waals surface area contributed by atoms with E-state index >= 15 is 0 Å². The van der Waals surface area contributed by atoms with E-state index in [2.05, 4.69) is 24.5 Å². The Morgan fingerprint density at radius 2 is 1.70 bits per heavy atom. The molecule has 1 fully saturated rings. The second-order valence-corrected chi connectivity index (χ2v) is 7.85. The quantitative estimate of drug-likeness (QED) is 0.798. The average molecular weight is 318 g/mol. The number of benzene rings is 1. The van der Waals surface area contributed by atoms with Gasteiger partial charge in [-0.1, -0.05) is 13.8 Å². The summed E-state index contributed by atoms with van der Waals surface area (Å²) in [5, 5.41) is 6.38. The van der Waals surface area contributed by atoms with Crippen LogP contribution >= 0.6 is 0 Å². The number of carbonyl (C=O) groups excluding carboxylic acids is 1. The third-order valence-corrected chi connectivity index (χ3v) is 4.31. The van der Waals surface area contributed by atoms with Gasteiger partial charge >= 0.3 is 6.09 Å². The molecule has 1 aromatic carbocycles. The maximum absolute atomic E-state index is 11.8. The van der Waals surface area contributed by atoms with Gasteiger partial charge in [0, 0.05) is 17.4 Å². The number of carbonyl (C=O) groups is 1. The summed E-state index contributed by atoms with van der Waals surface area (Å²) in [6.07, 6.45) is 3.38. The van der Waals surface area contributed by atoms with Crippen molar-refractivity contribution in [1.82, 2.24) is 0 Å². The Kier molecular flexibility index (Phi) is 5.55. The van der Waals surface area contributed by atoms with Gasteiger partial charge in [-0.3, -0.25) is 5.32 Å². The van der Waals surface area contributed by atoms with Gasteiger partial charge in [0.2, 0.25) is 0 Å². The number of anilines is 2. The van der Waals surface area contributed by atoms with Crippen LogP contribution in [0.5, 0.6) is 0 Å². The highest BCUT2D eigenvalue weighted by Crippen LogP contribution is 2.31. The van der Waals surface area contributed by atoms with Gasteiger partial charge in [-0.05, 0) is 76.1 Å². The Balaban J connectivity index is 1.88. The van der Waals surface area contributed by atoms with E-state index in [1.54, 1.807) is 0 Å². The van der Waals surface area contributed by atoms with E-state index in [0.29, 0.717) is 12.0 Å². The topological polar surface area (TPSA) is 50.4 Å². The molecule has 2 N–H and O–H groups in total. The summed E-state index contributed by atoms with van der Waals surface area (Å²) in [5.74, 6) is 1.53. The summed E-state index contributed by atoms with van der Waals surface area (Å²) in [5.41, 5.74) is 1.36. The molecule has 0 spiro atoms. The van der Waals surface area contributed by atoms with Crippen LogP contribution in [0.1, 0.15) is 53.9 Å². The Hall–Kier alpha value is -1.71. The molecule has 128 valence electrons. The predicted molar refractivity (Wildman–Crippen MR) is 95.9 cm³/mol. The van der Waals surface area contributed by atoms with Gasteiger partial charge in [0.1, 0.15) is 5.60 Å². The molecule has 1 aliphatic rings. The van der Waals surface area contributed by atoms with Crippen molar-refractivity contribution < 1.29 is 9.53 Å². The van der Waals surface area contributed by atoms with Gasteiger partial charge in [0.05, 0.1) is 0 Å². The van der Waals surface area contributed by atoms with Gasteiger partial charge < -0.3 is 10.1 Å². The molecule has 0 aromatic heterocycles. The molecule has 3 atom stereocenters. The lowest BCUT2D eigenvalue weighted by molar-refractivity contribution is 0.0636. The lowest BCUT2D eigenvalue weighted by atomic mass is 9.80. The van der Waals surface area contributed by atoms with Crippen molar-refractivity contribution in [3.05, 3.63) is 24.3 Å². The minimum atomic E-state index is -0.486. The van der Waals surface area contributed by atoms with Crippen LogP contribution in [0.4, 0.5) is 16.2 Å². The van der Waals surface area contributed by atoms with Crippen LogP contribution in [-0.2, 0) is 4.74 Å². The fourth-order valence-electron chi connectivity index (χ4n) is 3.17. The molecule has 4 heteroatoms. The fourth-order valence-corrected chi connectivity index (χ4v) is 3.17. The molecular formula is C19H30N2O2. The van der Waals surface area contributed by atoms with Crippen molar-refractivity contribution in [2.75, 3.05) is 10.6 Å². The summed E-state index contributed by atoms with van der Waals surface area (Å²) in [6.45, 7) is 10.2. The molecule has 0 saturated heterocycles. The summed E-state index contributed by atoms with van der Waals surface area (Å²) < 4.78 is 5.25. The van der Waals surface area contributed by atoms with Crippen molar-refractivity contribution in [3.8, 4) is 0 Å². The maximum atomic E-state index is 11.8. The van der Waals surface area contributed by atoms with Crippen molar-refractivity contribution >= 4 is 17.5 Å². The normalized spacial score (nSPS) is 24.8. The molecule has 1 saturated carbocycles. The van der Waals surface area contributed by atoms with E-state index in [9.17, 15) is 4.79 Å². The molecule has 23 heavy (non-hydrogen) atoms. The minimum Gasteiger partial charge on any atom is -0.444 e. The summed E-state index contributed by atoms with van der Waals surface area (Å²) >= 11 is 0. The third-order valence-electron chi connectivity index (χ3n) is 4.31. The van der Waals surface area contributed by atoms with Crippen molar-refractivity contribution in [2.45, 2.75) is 65.5 Å². The number of ether oxygens (including phenoxy) is 1. The van der Waals surface area contributed by atoms with Gasteiger partial charge in [-0.25, -0.2) is 4.79 Å². The SMILES string of the molecule is CC1CCC(Nc2ccc(NC(=O)OC(C)(C)C)cc2)C(C)C1. The van der Waals surface area contributed by atoms with Gasteiger partial charge in [0.25, 0.3) is 0 Å². The smallest absolute Gasteiger partial charge is 0.412 e. The molecule has 2 rings (SSSR count). The van der Waals surface area contributed by atoms with E-state index < -0.39 is 11.7 Å². The van der Waals surface area contributed by atoms with E-state index in [-0.39, 0.29) is 0 Å². The van der Waals surface area contributed by atoms with Crippen molar-refractivity contribution in [1.29, 1.82) is 0 Å². The molecule has 1 amide bonds.